The molecule has 3 heteroatoms. The standard InChI is InChI=1S/C8H16N2O/c1-6-7-4-8(9-5-7)10(6)2-3-11/h6-9,11H,2-5H2,1H3. The maximum absolute atomic E-state index is 8.80. The predicted molar refractivity (Wildman–Crippen MR) is 43.2 cm³/mol. The highest BCUT2D eigenvalue weighted by Crippen LogP contribution is 2.32. The average Bonchev–Trinajstić information content (AvgIpc) is 2.54. The molecule has 11 heavy (non-hydrogen) atoms. The van der Waals surface area contributed by atoms with E-state index < -0.39 is 0 Å². The lowest BCUT2D eigenvalue weighted by Crippen LogP contribution is -2.49. The number of aliphatic hydroxyl groups excluding tert-OH is 1. The predicted octanol–water partition coefficient (Wildman–Crippen LogP) is -0.382. The Labute approximate surface area is 67.4 Å². The maximum Gasteiger partial charge on any atom is 0.0604 e. The molecule has 0 aromatic carbocycles. The summed E-state index contributed by atoms with van der Waals surface area (Å²) in [5.74, 6) is 0.826. The fourth-order valence-corrected chi connectivity index (χ4v) is 2.39. The van der Waals surface area contributed by atoms with Gasteiger partial charge in [-0.3, -0.25) is 4.90 Å². The van der Waals surface area contributed by atoms with Crippen LogP contribution in [0.4, 0.5) is 0 Å². The number of likely N-dealkylation sites (tertiary alicyclic amines) is 1. The Bertz CT molecular complexity index is 149. The van der Waals surface area contributed by atoms with Crippen LogP contribution >= 0.6 is 0 Å². The molecule has 0 aromatic rings. The van der Waals surface area contributed by atoms with Crippen LogP contribution in [0.3, 0.4) is 0 Å². The molecule has 3 atom stereocenters. The van der Waals surface area contributed by atoms with Gasteiger partial charge in [-0.1, -0.05) is 0 Å². The van der Waals surface area contributed by atoms with Gasteiger partial charge in [0.1, 0.15) is 0 Å². The molecule has 3 unspecified atom stereocenters. The van der Waals surface area contributed by atoms with Gasteiger partial charge in [-0.25, -0.2) is 0 Å². The molecule has 2 rings (SSSR count). The van der Waals surface area contributed by atoms with Crippen molar-refractivity contribution in [2.45, 2.75) is 25.6 Å². The zero-order valence-electron chi connectivity index (χ0n) is 6.95. The number of hydrogen-bond donors (Lipinski definition) is 2. The molecular formula is C8H16N2O. The monoisotopic (exact) mass is 156 g/mol. The van der Waals surface area contributed by atoms with Crippen LogP contribution in [-0.2, 0) is 0 Å². The number of nitrogens with zero attached hydrogens (tertiary/aromatic N) is 1. The van der Waals surface area contributed by atoms with Gasteiger partial charge in [-0.05, 0) is 19.3 Å². The van der Waals surface area contributed by atoms with Crippen LogP contribution < -0.4 is 5.32 Å². The summed E-state index contributed by atoms with van der Waals surface area (Å²) in [7, 11) is 0. The van der Waals surface area contributed by atoms with Crippen molar-refractivity contribution in [3.05, 3.63) is 0 Å². The van der Waals surface area contributed by atoms with Gasteiger partial charge in [0.05, 0.1) is 12.8 Å². The highest BCUT2D eigenvalue weighted by Gasteiger charge is 2.42. The first kappa shape index (κ1) is 7.53. The Balaban J connectivity index is 2.00. The molecule has 0 radical (unpaired) electrons. The summed E-state index contributed by atoms with van der Waals surface area (Å²) < 4.78 is 0. The van der Waals surface area contributed by atoms with Crippen LogP contribution in [0, 0.1) is 5.92 Å². The Morgan fingerprint density at radius 1 is 1.64 bits per heavy atom. The van der Waals surface area contributed by atoms with E-state index in [4.69, 9.17) is 5.11 Å². The third kappa shape index (κ3) is 1.08. The lowest BCUT2D eigenvalue weighted by Gasteiger charge is -2.32. The topological polar surface area (TPSA) is 35.5 Å². The van der Waals surface area contributed by atoms with Crippen molar-refractivity contribution in [1.82, 2.24) is 10.2 Å². The molecule has 0 spiro atoms. The van der Waals surface area contributed by atoms with Crippen molar-refractivity contribution in [2.75, 3.05) is 19.7 Å². The molecule has 2 aliphatic rings. The Hall–Kier alpha value is -0.120. The fraction of sp³-hybridized carbons (Fsp3) is 1.00. The summed E-state index contributed by atoms with van der Waals surface area (Å²) in [6.45, 7) is 4.56. The number of aliphatic hydroxyl groups is 1. The van der Waals surface area contributed by atoms with E-state index in [1.807, 2.05) is 0 Å². The molecular weight excluding hydrogens is 140 g/mol. The average molecular weight is 156 g/mol. The largest absolute Gasteiger partial charge is 0.395 e. The van der Waals surface area contributed by atoms with Gasteiger partial charge in [-0.15, -0.1) is 0 Å². The van der Waals surface area contributed by atoms with Crippen molar-refractivity contribution in [3.63, 3.8) is 0 Å². The van der Waals surface area contributed by atoms with Crippen molar-refractivity contribution in [3.8, 4) is 0 Å². The van der Waals surface area contributed by atoms with E-state index in [1.54, 1.807) is 0 Å². The third-order valence-corrected chi connectivity index (χ3v) is 3.11. The molecule has 64 valence electrons. The maximum atomic E-state index is 8.80. The zero-order valence-corrected chi connectivity index (χ0v) is 6.95. The number of fused-ring (bicyclic) bond motifs is 2. The fourth-order valence-electron chi connectivity index (χ4n) is 2.39. The molecule has 0 amide bonds. The second-order valence-electron chi connectivity index (χ2n) is 3.62. The van der Waals surface area contributed by atoms with Gasteiger partial charge in [0.15, 0.2) is 0 Å². The summed E-state index contributed by atoms with van der Waals surface area (Å²) >= 11 is 0. The molecule has 3 nitrogen and oxygen atoms in total. The van der Waals surface area contributed by atoms with Crippen molar-refractivity contribution < 1.29 is 5.11 Å². The minimum absolute atomic E-state index is 0.287. The molecule has 0 aliphatic carbocycles. The Morgan fingerprint density at radius 2 is 2.45 bits per heavy atom. The summed E-state index contributed by atoms with van der Waals surface area (Å²) in [5.41, 5.74) is 0. The molecule has 0 saturated carbocycles. The molecule has 0 aromatic heterocycles. The van der Waals surface area contributed by atoms with E-state index in [0.29, 0.717) is 12.2 Å². The van der Waals surface area contributed by atoms with E-state index in [-0.39, 0.29) is 6.61 Å². The highest BCUT2D eigenvalue weighted by atomic mass is 16.3. The first-order valence-corrected chi connectivity index (χ1v) is 4.43. The number of nitrogens with one attached hydrogen (secondary N) is 1. The molecule has 2 N–H and O–H groups in total. The lowest BCUT2D eigenvalue weighted by molar-refractivity contribution is 0.109. The van der Waals surface area contributed by atoms with E-state index in [1.165, 1.54) is 13.0 Å². The van der Waals surface area contributed by atoms with E-state index in [0.717, 1.165) is 12.5 Å². The summed E-state index contributed by atoms with van der Waals surface area (Å²) in [6.07, 6.45) is 1.84. The zero-order chi connectivity index (χ0) is 7.84. The minimum atomic E-state index is 0.287. The first-order valence-electron chi connectivity index (χ1n) is 4.43. The van der Waals surface area contributed by atoms with Gasteiger partial charge in [0.2, 0.25) is 0 Å². The van der Waals surface area contributed by atoms with Crippen LogP contribution in [0.5, 0.6) is 0 Å². The summed E-state index contributed by atoms with van der Waals surface area (Å²) in [4.78, 5) is 2.37. The van der Waals surface area contributed by atoms with Crippen LogP contribution in [0.1, 0.15) is 13.3 Å². The third-order valence-electron chi connectivity index (χ3n) is 3.11. The molecule has 2 saturated heterocycles. The van der Waals surface area contributed by atoms with Gasteiger partial charge in [0, 0.05) is 19.1 Å². The molecule has 2 fully saturated rings. The van der Waals surface area contributed by atoms with Gasteiger partial charge in [0.25, 0.3) is 0 Å². The summed E-state index contributed by atoms with van der Waals surface area (Å²) in [6, 6.07) is 0.674. The smallest absolute Gasteiger partial charge is 0.0604 e. The van der Waals surface area contributed by atoms with Gasteiger partial charge < -0.3 is 10.4 Å². The minimum Gasteiger partial charge on any atom is -0.395 e. The van der Waals surface area contributed by atoms with E-state index in [9.17, 15) is 0 Å². The lowest BCUT2D eigenvalue weighted by atomic mass is 10.0. The number of β-amino-alcohol motifs (C(OH)–C–C–N with tert-alkyl or cyclic N) is 1. The number of rotatable bonds is 2. The van der Waals surface area contributed by atoms with E-state index in [2.05, 4.69) is 17.1 Å². The quantitative estimate of drug-likeness (QED) is 0.572. The van der Waals surface area contributed by atoms with Gasteiger partial charge in [-0.2, -0.15) is 0 Å². The molecule has 2 aliphatic heterocycles. The summed E-state index contributed by atoms with van der Waals surface area (Å²) in [5, 5.41) is 12.2. The SMILES string of the molecule is CC1C2CNC(C2)N1CCO. The number of hydrogen-bond acceptors (Lipinski definition) is 3. The molecule has 2 heterocycles. The second-order valence-corrected chi connectivity index (χ2v) is 3.62. The van der Waals surface area contributed by atoms with E-state index >= 15 is 0 Å². The normalized spacial score (nSPS) is 43.6. The first-order chi connectivity index (χ1) is 5.33. The van der Waals surface area contributed by atoms with Crippen LogP contribution in [0.15, 0.2) is 0 Å². The Morgan fingerprint density at radius 3 is 3.00 bits per heavy atom. The van der Waals surface area contributed by atoms with Crippen molar-refractivity contribution in [1.29, 1.82) is 0 Å². The highest BCUT2D eigenvalue weighted by molar-refractivity contribution is 4.96. The van der Waals surface area contributed by atoms with Crippen LogP contribution in [0.2, 0.25) is 0 Å². The second kappa shape index (κ2) is 2.73. The molecule has 2 bridgehead atoms. The van der Waals surface area contributed by atoms with Gasteiger partial charge >= 0.3 is 0 Å². The van der Waals surface area contributed by atoms with Crippen LogP contribution in [-0.4, -0.2) is 41.9 Å². The Kier molecular flexibility index (Phi) is 1.87. The van der Waals surface area contributed by atoms with Crippen LogP contribution in [0.25, 0.3) is 0 Å². The van der Waals surface area contributed by atoms with Crippen molar-refractivity contribution in [2.24, 2.45) is 5.92 Å². The van der Waals surface area contributed by atoms with Crippen molar-refractivity contribution >= 4 is 0 Å².